The van der Waals surface area contributed by atoms with Crippen molar-refractivity contribution in [2.75, 3.05) is 13.2 Å². The van der Waals surface area contributed by atoms with E-state index in [4.69, 9.17) is 18.9 Å². The number of aliphatic hydroxyl groups is 2. The molecule has 7 nitrogen and oxygen atoms in total. The fourth-order valence-corrected chi connectivity index (χ4v) is 3.91. The number of benzene rings is 3. The molecular weight excluding hydrogens is 448 g/mol. The molecule has 1 fully saturated rings. The predicted molar refractivity (Wildman–Crippen MR) is 128 cm³/mol. The standard InChI is InChI=1S/C28H30O7/c29-17-23(30)24(34-27(31)21-12-6-2-7-13-21)16-25(32-18-20-10-4-1-5-11-20)26-19-33-28(35-26)22-14-8-3-9-15-22/h1-15,23-26,28-30H,16-19H2/t23-,24+,25+,26-,28?/m0/s1. The molecular formula is C28H30O7. The van der Waals surface area contributed by atoms with Crippen LogP contribution in [0.3, 0.4) is 0 Å². The Balaban J connectivity index is 1.49. The minimum atomic E-state index is -1.28. The molecule has 0 aliphatic carbocycles. The molecule has 0 bridgehead atoms. The number of hydrogen-bond donors (Lipinski definition) is 2. The molecule has 7 heteroatoms. The topological polar surface area (TPSA) is 94.5 Å². The van der Waals surface area contributed by atoms with Crippen molar-refractivity contribution in [3.8, 4) is 0 Å². The van der Waals surface area contributed by atoms with Gasteiger partial charge in [-0.2, -0.15) is 0 Å². The number of esters is 1. The molecule has 0 spiro atoms. The normalized spacial score (nSPS) is 20.2. The lowest BCUT2D eigenvalue weighted by Gasteiger charge is -2.29. The Morgan fingerprint density at radius 2 is 1.57 bits per heavy atom. The van der Waals surface area contributed by atoms with E-state index in [2.05, 4.69) is 0 Å². The Kier molecular flexibility index (Phi) is 9.00. The van der Waals surface area contributed by atoms with Crippen molar-refractivity contribution in [3.05, 3.63) is 108 Å². The van der Waals surface area contributed by atoms with Crippen LogP contribution in [0.25, 0.3) is 0 Å². The Bertz CT molecular complexity index is 1030. The van der Waals surface area contributed by atoms with Gasteiger partial charge in [-0.25, -0.2) is 4.79 Å². The molecule has 3 aromatic carbocycles. The van der Waals surface area contributed by atoms with Crippen molar-refractivity contribution < 1.29 is 34.0 Å². The summed E-state index contributed by atoms with van der Waals surface area (Å²) in [6.07, 6.45) is -3.75. The highest BCUT2D eigenvalue weighted by Crippen LogP contribution is 2.31. The maximum Gasteiger partial charge on any atom is 0.338 e. The van der Waals surface area contributed by atoms with Crippen LogP contribution >= 0.6 is 0 Å². The Labute approximate surface area is 204 Å². The van der Waals surface area contributed by atoms with E-state index in [0.717, 1.165) is 11.1 Å². The van der Waals surface area contributed by atoms with E-state index in [1.54, 1.807) is 30.3 Å². The Morgan fingerprint density at radius 3 is 2.23 bits per heavy atom. The second-order valence-electron chi connectivity index (χ2n) is 8.38. The summed E-state index contributed by atoms with van der Waals surface area (Å²) in [4.78, 5) is 12.7. The number of carbonyl (C=O) groups is 1. The summed E-state index contributed by atoms with van der Waals surface area (Å²) >= 11 is 0. The highest BCUT2D eigenvalue weighted by Gasteiger charge is 2.37. The monoisotopic (exact) mass is 478 g/mol. The lowest BCUT2D eigenvalue weighted by Crippen LogP contribution is -2.41. The molecule has 4 rings (SSSR count). The first-order chi connectivity index (χ1) is 17.1. The third-order valence-electron chi connectivity index (χ3n) is 5.85. The van der Waals surface area contributed by atoms with E-state index >= 15 is 0 Å². The highest BCUT2D eigenvalue weighted by atomic mass is 16.7. The fraction of sp³-hybridized carbons (Fsp3) is 0.321. The van der Waals surface area contributed by atoms with E-state index in [1.807, 2.05) is 60.7 Å². The van der Waals surface area contributed by atoms with Crippen LogP contribution in [0.15, 0.2) is 91.0 Å². The number of ether oxygens (including phenoxy) is 4. The summed E-state index contributed by atoms with van der Waals surface area (Å²) in [6.45, 7) is 0.0103. The van der Waals surface area contributed by atoms with E-state index in [0.29, 0.717) is 12.2 Å². The van der Waals surface area contributed by atoms with E-state index in [9.17, 15) is 15.0 Å². The number of hydrogen-bond acceptors (Lipinski definition) is 7. The summed E-state index contributed by atoms with van der Waals surface area (Å²) in [7, 11) is 0. The molecule has 1 saturated heterocycles. The molecule has 1 unspecified atom stereocenters. The second-order valence-corrected chi connectivity index (χ2v) is 8.38. The molecule has 184 valence electrons. The first-order valence-corrected chi connectivity index (χ1v) is 11.7. The second kappa shape index (κ2) is 12.6. The zero-order chi connectivity index (χ0) is 24.5. The minimum Gasteiger partial charge on any atom is -0.456 e. The molecule has 3 aromatic rings. The molecule has 0 amide bonds. The lowest BCUT2D eigenvalue weighted by molar-refractivity contribution is -0.121. The third kappa shape index (κ3) is 6.97. The van der Waals surface area contributed by atoms with Crippen molar-refractivity contribution in [1.29, 1.82) is 0 Å². The van der Waals surface area contributed by atoms with Crippen LogP contribution < -0.4 is 0 Å². The first kappa shape index (κ1) is 25.0. The average Bonchev–Trinajstić information content (AvgIpc) is 3.41. The zero-order valence-electron chi connectivity index (χ0n) is 19.3. The molecule has 0 aromatic heterocycles. The SMILES string of the molecule is O=C(O[C@H](C[C@@H](OCc1ccccc1)[C@@H]1COC(c2ccccc2)O1)[C@@H](O)CO)c1ccccc1. The fourth-order valence-electron chi connectivity index (χ4n) is 3.91. The summed E-state index contributed by atoms with van der Waals surface area (Å²) in [5.74, 6) is -0.587. The van der Waals surface area contributed by atoms with Crippen molar-refractivity contribution in [2.24, 2.45) is 0 Å². The van der Waals surface area contributed by atoms with Gasteiger partial charge in [-0.3, -0.25) is 0 Å². The largest absolute Gasteiger partial charge is 0.456 e. The van der Waals surface area contributed by atoms with Gasteiger partial charge in [-0.15, -0.1) is 0 Å². The maximum atomic E-state index is 12.7. The molecule has 0 saturated carbocycles. The van der Waals surface area contributed by atoms with Crippen molar-refractivity contribution in [1.82, 2.24) is 0 Å². The van der Waals surface area contributed by atoms with Gasteiger partial charge in [0, 0.05) is 12.0 Å². The number of aliphatic hydroxyl groups excluding tert-OH is 2. The molecule has 1 aliphatic heterocycles. The molecule has 35 heavy (non-hydrogen) atoms. The quantitative estimate of drug-likeness (QED) is 0.406. The molecule has 1 aliphatic rings. The van der Waals surface area contributed by atoms with Gasteiger partial charge < -0.3 is 29.2 Å². The van der Waals surface area contributed by atoms with Crippen molar-refractivity contribution in [2.45, 2.75) is 43.7 Å². The van der Waals surface area contributed by atoms with Crippen LogP contribution in [0.2, 0.25) is 0 Å². The minimum absolute atomic E-state index is 0.114. The van der Waals surface area contributed by atoms with Crippen LogP contribution in [0.1, 0.15) is 34.2 Å². The third-order valence-corrected chi connectivity index (χ3v) is 5.85. The van der Waals surface area contributed by atoms with Crippen LogP contribution in [0.4, 0.5) is 0 Å². The van der Waals surface area contributed by atoms with Gasteiger partial charge in [0.25, 0.3) is 0 Å². The molecule has 2 N–H and O–H groups in total. The van der Waals surface area contributed by atoms with Gasteiger partial charge in [0.2, 0.25) is 0 Å². The van der Waals surface area contributed by atoms with Gasteiger partial charge in [-0.1, -0.05) is 78.9 Å². The zero-order valence-corrected chi connectivity index (χ0v) is 19.3. The van der Waals surface area contributed by atoms with E-state index in [1.165, 1.54) is 0 Å². The van der Waals surface area contributed by atoms with Crippen LogP contribution in [0.5, 0.6) is 0 Å². The van der Waals surface area contributed by atoms with Gasteiger partial charge in [0.1, 0.15) is 18.3 Å². The van der Waals surface area contributed by atoms with Crippen LogP contribution in [-0.2, 0) is 25.6 Å². The smallest absolute Gasteiger partial charge is 0.338 e. The van der Waals surface area contributed by atoms with Crippen molar-refractivity contribution in [3.63, 3.8) is 0 Å². The first-order valence-electron chi connectivity index (χ1n) is 11.7. The average molecular weight is 479 g/mol. The van der Waals surface area contributed by atoms with E-state index < -0.39 is 43.3 Å². The van der Waals surface area contributed by atoms with Gasteiger partial charge in [-0.05, 0) is 17.7 Å². The van der Waals surface area contributed by atoms with Gasteiger partial charge in [0.15, 0.2) is 6.29 Å². The summed E-state index contributed by atoms with van der Waals surface area (Å²) in [5.41, 5.74) is 2.21. The number of rotatable bonds is 11. The Hall–Kier alpha value is -3.07. The van der Waals surface area contributed by atoms with Crippen molar-refractivity contribution >= 4 is 5.97 Å². The summed E-state index contributed by atoms with van der Waals surface area (Å²) < 4.78 is 23.9. The van der Waals surface area contributed by atoms with Gasteiger partial charge in [0.05, 0.1) is 31.5 Å². The van der Waals surface area contributed by atoms with Crippen LogP contribution in [-0.4, -0.2) is 53.8 Å². The number of carbonyl (C=O) groups excluding carboxylic acids is 1. The maximum absolute atomic E-state index is 12.7. The molecule has 0 radical (unpaired) electrons. The summed E-state index contributed by atoms with van der Waals surface area (Å²) in [5, 5.41) is 20.1. The van der Waals surface area contributed by atoms with Crippen LogP contribution in [0, 0.1) is 0 Å². The Morgan fingerprint density at radius 1 is 0.943 bits per heavy atom. The predicted octanol–water partition coefficient (Wildman–Crippen LogP) is 3.65. The highest BCUT2D eigenvalue weighted by molar-refractivity contribution is 5.89. The summed E-state index contributed by atoms with van der Waals surface area (Å²) in [6, 6.07) is 27.8. The molecule has 5 atom stereocenters. The van der Waals surface area contributed by atoms with E-state index in [-0.39, 0.29) is 13.0 Å². The van der Waals surface area contributed by atoms with Gasteiger partial charge >= 0.3 is 5.97 Å². The molecule has 1 heterocycles. The lowest BCUT2D eigenvalue weighted by atomic mass is 10.0.